The van der Waals surface area contributed by atoms with Crippen molar-refractivity contribution >= 4 is 0 Å². The van der Waals surface area contributed by atoms with Crippen molar-refractivity contribution < 1.29 is 0 Å². The van der Waals surface area contributed by atoms with Gasteiger partial charge in [-0.15, -0.1) is 0 Å². The van der Waals surface area contributed by atoms with Gasteiger partial charge in [-0.05, 0) is 25.2 Å². The van der Waals surface area contributed by atoms with Crippen LogP contribution in [0.3, 0.4) is 0 Å². The average Bonchev–Trinajstić information content (AvgIpc) is 2.55. The van der Waals surface area contributed by atoms with E-state index in [1.54, 1.807) is 0 Å². The summed E-state index contributed by atoms with van der Waals surface area (Å²) in [7, 11) is 0. The van der Waals surface area contributed by atoms with Crippen LogP contribution in [0, 0.1) is 0 Å². The fourth-order valence-corrected chi connectivity index (χ4v) is 2.39. The Morgan fingerprint density at radius 2 is 2.21 bits per heavy atom. The Kier molecular flexibility index (Phi) is 2.59. The third-order valence-electron chi connectivity index (χ3n) is 2.98. The van der Waals surface area contributed by atoms with Gasteiger partial charge in [-0.2, -0.15) is 5.10 Å². The summed E-state index contributed by atoms with van der Waals surface area (Å²) < 4.78 is 2.17. The molecule has 2 rings (SSSR count). The SMILES string of the molecule is CC(C)c1c(CN)nn2c1CCCC2. The first-order chi connectivity index (χ1) is 6.74. The summed E-state index contributed by atoms with van der Waals surface area (Å²) in [6, 6.07) is 0. The first-order valence-electron chi connectivity index (χ1n) is 5.52. The van der Waals surface area contributed by atoms with Gasteiger partial charge in [0.2, 0.25) is 0 Å². The van der Waals surface area contributed by atoms with E-state index >= 15 is 0 Å². The summed E-state index contributed by atoms with van der Waals surface area (Å²) in [6.07, 6.45) is 3.74. The van der Waals surface area contributed by atoms with Crippen molar-refractivity contribution in [2.75, 3.05) is 0 Å². The molecule has 0 spiro atoms. The number of aryl methyl sites for hydroxylation is 1. The number of nitrogens with zero attached hydrogens (tertiary/aromatic N) is 2. The molecule has 0 aliphatic carbocycles. The molecule has 0 saturated heterocycles. The van der Waals surface area contributed by atoms with Crippen molar-refractivity contribution in [1.82, 2.24) is 9.78 Å². The number of rotatable bonds is 2. The summed E-state index contributed by atoms with van der Waals surface area (Å²) in [5, 5.41) is 4.58. The van der Waals surface area contributed by atoms with E-state index in [9.17, 15) is 0 Å². The van der Waals surface area contributed by atoms with Crippen LogP contribution in [0.4, 0.5) is 0 Å². The van der Waals surface area contributed by atoms with Gasteiger partial charge in [-0.25, -0.2) is 0 Å². The van der Waals surface area contributed by atoms with E-state index in [1.165, 1.54) is 30.5 Å². The zero-order valence-electron chi connectivity index (χ0n) is 9.08. The molecule has 1 aliphatic heterocycles. The highest BCUT2D eigenvalue weighted by Gasteiger charge is 2.20. The van der Waals surface area contributed by atoms with Crippen molar-refractivity contribution in [2.24, 2.45) is 5.73 Å². The Hall–Kier alpha value is -0.830. The van der Waals surface area contributed by atoms with Crippen LogP contribution in [-0.2, 0) is 19.5 Å². The van der Waals surface area contributed by atoms with Crippen LogP contribution in [0.25, 0.3) is 0 Å². The molecular formula is C11H19N3. The average molecular weight is 193 g/mol. The van der Waals surface area contributed by atoms with Crippen LogP contribution < -0.4 is 5.73 Å². The minimum Gasteiger partial charge on any atom is -0.325 e. The largest absolute Gasteiger partial charge is 0.325 e. The summed E-state index contributed by atoms with van der Waals surface area (Å²) in [6.45, 7) is 6.11. The second kappa shape index (κ2) is 3.73. The van der Waals surface area contributed by atoms with Crippen molar-refractivity contribution in [3.8, 4) is 0 Å². The molecule has 14 heavy (non-hydrogen) atoms. The third kappa shape index (κ3) is 1.46. The van der Waals surface area contributed by atoms with Crippen molar-refractivity contribution in [2.45, 2.75) is 52.1 Å². The molecule has 2 heterocycles. The lowest BCUT2D eigenvalue weighted by molar-refractivity contribution is 0.481. The first-order valence-corrected chi connectivity index (χ1v) is 5.52. The zero-order chi connectivity index (χ0) is 10.1. The maximum atomic E-state index is 5.72. The molecule has 1 aromatic heterocycles. The molecule has 0 unspecified atom stereocenters. The van der Waals surface area contributed by atoms with Gasteiger partial charge in [0, 0.05) is 24.3 Å². The molecule has 0 atom stereocenters. The monoisotopic (exact) mass is 193 g/mol. The summed E-state index contributed by atoms with van der Waals surface area (Å²) in [5.74, 6) is 0.551. The quantitative estimate of drug-likeness (QED) is 0.778. The molecule has 0 aromatic carbocycles. The molecule has 0 amide bonds. The van der Waals surface area contributed by atoms with Crippen LogP contribution in [-0.4, -0.2) is 9.78 Å². The van der Waals surface area contributed by atoms with E-state index in [4.69, 9.17) is 5.73 Å². The lowest BCUT2D eigenvalue weighted by Gasteiger charge is -2.15. The number of hydrogen-bond acceptors (Lipinski definition) is 2. The fourth-order valence-electron chi connectivity index (χ4n) is 2.39. The Labute approximate surface area is 85.3 Å². The van der Waals surface area contributed by atoms with E-state index in [2.05, 4.69) is 23.6 Å². The predicted octanol–water partition coefficient (Wildman–Crippen LogP) is 1.80. The molecule has 1 aromatic rings. The van der Waals surface area contributed by atoms with Crippen LogP contribution in [0.2, 0.25) is 0 Å². The molecule has 0 saturated carbocycles. The molecule has 78 valence electrons. The number of aromatic nitrogens is 2. The standard InChI is InChI=1S/C11H19N3/c1-8(2)11-9(7-12)13-14-6-4-3-5-10(11)14/h8H,3-7,12H2,1-2H3. The van der Waals surface area contributed by atoms with Crippen LogP contribution in [0.1, 0.15) is 49.6 Å². The maximum absolute atomic E-state index is 5.72. The zero-order valence-corrected chi connectivity index (χ0v) is 9.08. The minimum atomic E-state index is 0.551. The Morgan fingerprint density at radius 1 is 1.43 bits per heavy atom. The van der Waals surface area contributed by atoms with Gasteiger partial charge < -0.3 is 5.73 Å². The highest BCUT2D eigenvalue weighted by atomic mass is 15.3. The van der Waals surface area contributed by atoms with Gasteiger partial charge in [-0.1, -0.05) is 13.8 Å². The number of nitrogens with two attached hydrogens (primary N) is 1. The Balaban J connectivity index is 2.48. The fraction of sp³-hybridized carbons (Fsp3) is 0.727. The van der Waals surface area contributed by atoms with E-state index in [0.717, 1.165) is 12.2 Å². The van der Waals surface area contributed by atoms with Gasteiger partial charge in [0.25, 0.3) is 0 Å². The van der Waals surface area contributed by atoms with E-state index in [0.29, 0.717) is 12.5 Å². The number of fused-ring (bicyclic) bond motifs is 1. The normalized spacial score (nSPS) is 16.0. The van der Waals surface area contributed by atoms with Crippen molar-refractivity contribution in [3.05, 3.63) is 17.0 Å². The van der Waals surface area contributed by atoms with E-state index < -0.39 is 0 Å². The minimum absolute atomic E-state index is 0.551. The molecule has 3 heteroatoms. The van der Waals surface area contributed by atoms with Gasteiger partial charge in [0.15, 0.2) is 0 Å². The molecular weight excluding hydrogens is 174 g/mol. The second-order valence-corrected chi connectivity index (χ2v) is 4.35. The van der Waals surface area contributed by atoms with Crippen molar-refractivity contribution in [1.29, 1.82) is 0 Å². The smallest absolute Gasteiger partial charge is 0.0797 e. The van der Waals surface area contributed by atoms with Gasteiger partial charge in [0.1, 0.15) is 0 Å². The molecule has 2 N–H and O–H groups in total. The van der Waals surface area contributed by atoms with Crippen LogP contribution in [0.15, 0.2) is 0 Å². The summed E-state index contributed by atoms with van der Waals surface area (Å²) in [4.78, 5) is 0. The second-order valence-electron chi connectivity index (χ2n) is 4.35. The molecule has 0 fully saturated rings. The third-order valence-corrected chi connectivity index (χ3v) is 2.98. The molecule has 3 nitrogen and oxygen atoms in total. The molecule has 1 aliphatic rings. The highest BCUT2D eigenvalue weighted by Crippen LogP contribution is 2.27. The van der Waals surface area contributed by atoms with E-state index in [1.807, 2.05) is 0 Å². The van der Waals surface area contributed by atoms with E-state index in [-0.39, 0.29) is 0 Å². The summed E-state index contributed by atoms with van der Waals surface area (Å²) in [5.41, 5.74) is 9.68. The van der Waals surface area contributed by atoms with Crippen molar-refractivity contribution in [3.63, 3.8) is 0 Å². The predicted molar refractivity (Wildman–Crippen MR) is 57.1 cm³/mol. The highest BCUT2D eigenvalue weighted by molar-refractivity contribution is 5.30. The Morgan fingerprint density at radius 3 is 2.86 bits per heavy atom. The maximum Gasteiger partial charge on any atom is 0.0797 e. The van der Waals surface area contributed by atoms with Gasteiger partial charge in [-0.3, -0.25) is 4.68 Å². The van der Waals surface area contributed by atoms with Crippen LogP contribution in [0.5, 0.6) is 0 Å². The van der Waals surface area contributed by atoms with Crippen LogP contribution >= 0.6 is 0 Å². The molecule has 0 radical (unpaired) electrons. The van der Waals surface area contributed by atoms with Gasteiger partial charge >= 0.3 is 0 Å². The topological polar surface area (TPSA) is 43.8 Å². The number of hydrogen-bond donors (Lipinski definition) is 1. The first kappa shape index (κ1) is 9.71. The Bertz CT molecular complexity index is 326. The summed E-state index contributed by atoms with van der Waals surface area (Å²) >= 11 is 0. The molecule has 0 bridgehead atoms. The lowest BCUT2D eigenvalue weighted by atomic mass is 9.96. The van der Waals surface area contributed by atoms with Gasteiger partial charge in [0.05, 0.1) is 5.69 Å². The lowest BCUT2D eigenvalue weighted by Crippen LogP contribution is -2.12.